The first-order chi connectivity index (χ1) is 6.86. The van der Waals surface area contributed by atoms with Gasteiger partial charge in [-0.15, -0.1) is 0 Å². The van der Waals surface area contributed by atoms with Crippen LogP contribution in [0.2, 0.25) is 0 Å². The van der Waals surface area contributed by atoms with E-state index in [1.165, 1.54) is 12.3 Å². The molecule has 6 heteroatoms. The van der Waals surface area contributed by atoms with Crippen molar-refractivity contribution < 1.29 is 17.4 Å². The summed E-state index contributed by atoms with van der Waals surface area (Å²) in [6.45, 7) is 0. The van der Waals surface area contributed by atoms with E-state index in [0.717, 1.165) is 12.1 Å². The topological polar surface area (TPSA) is 29.1 Å². The summed E-state index contributed by atoms with van der Waals surface area (Å²) in [6, 6.07) is 3.14. The highest BCUT2D eigenvalue weighted by Crippen LogP contribution is 2.32. The second-order valence-corrected chi connectivity index (χ2v) is 4.26. The van der Waals surface area contributed by atoms with Gasteiger partial charge in [-0.05, 0) is 18.2 Å². The summed E-state index contributed by atoms with van der Waals surface area (Å²) in [6.07, 6.45) is -3.06. The van der Waals surface area contributed by atoms with Crippen LogP contribution in [-0.2, 0) is 17.0 Å². The first-order valence-electron chi connectivity index (χ1n) is 4.08. The zero-order valence-electron chi connectivity index (χ0n) is 8.18. The van der Waals surface area contributed by atoms with Crippen LogP contribution in [0.4, 0.5) is 18.9 Å². The van der Waals surface area contributed by atoms with Crippen molar-refractivity contribution in [1.82, 2.24) is 0 Å². The average Bonchev–Trinajstić information content (AvgIpc) is 2.15. The molecule has 0 radical (unpaired) electrons. The largest absolute Gasteiger partial charge is 0.416 e. The van der Waals surface area contributed by atoms with Gasteiger partial charge in [0, 0.05) is 13.3 Å². The summed E-state index contributed by atoms with van der Waals surface area (Å²) in [4.78, 5) is 0.160. The van der Waals surface area contributed by atoms with Crippen LogP contribution in [0.1, 0.15) is 5.56 Å². The Labute approximate surface area is 87.9 Å². The van der Waals surface area contributed by atoms with Gasteiger partial charge in [0.1, 0.15) is 0 Å². The highest BCUT2D eigenvalue weighted by atomic mass is 32.2. The van der Waals surface area contributed by atoms with Crippen LogP contribution in [0.25, 0.3) is 0 Å². The molecule has 0 spiro atoms. The van der Waals surface area contributed by atoms with Crippen molar-refractivity contribution in [3.05, 3.63) is 23.8 Å². The van der Waals surface area contributed by atoms with Crippen molar-refractivity contribution >= 4 is 16.5 Å². The highest BCUT2D eigenvalue weighted by molar-refractivity contribution is 7.84. The first kappa shape index (κ1) is 12.0. The predicted octanol–water partition coefficient (Wildman–Crippen LogP) is 2.48. The molecule has 1 unspecified atom stereocenters. The van der Waals surface area contributed by atoms with Gasteiger partial charge < -0.3 is 5.32 Å². The second kappa shape index (κ2) is 4.22. The maximum absolute atomic E-state index is 12.3. The van der Waals surface area contributed by atoms with Gasteiger partial charge in [-0.25, -0.2) is 0 Å². The number of alkyl halides is 3. The molecule has 1 atom stereocenters. The van der Waals surface area contributed by atoms with E-state index in [1.54, 1.807) is 7.05 Å². The fourth-order valence-electron chi connectivity index (χ4n) is 1.14. The molecule has 0 bridgehead atoms. The van der Waals surface area contributed by atoms with Gasteiger partial charge >= 0.3 is 6.18 Å². The van der Waals surface area contributed by atoms with Crippen LogP contribution >= 0.6 is 0 Å². The number of hydrogen-bond donors (Lipinski definition) is 1. The third-order valence-electron chi connectivity index (χ3n) is 1.89. The Bertz CT molecular complexity index is 389. The van der Waals surface area contributed by atoms with Crippen molar-refractivity contribution in [2.75, 3.05) is 18.6 Å². The Kier molecular flexibility index (Phi) is 3.38. The van der Waals surface area contributed by atoms with Crippen LogP contribution in [0.15, 0.2) is 23.1 Å². The molecular weight excluding hydrogens is 227 g/mol. The molecule has 15 heavy (non-hydrogen) atoms. The van der Waals surface area contributed by atoms with Gasteiger partial charge in [-0.2, -0.15) is 13.2 Å². The summed E-state index contributed by atoms with van der Waals surface area (Å²) in [5.74, 6) is 0. The SMILES string of the molecule is CNc1ccc(C(F)(F)F)cc1S(C)=O. The molecule has 0 aliphatic carbocycles. The predicted molar refractivity (Wildman–Crippen MR) is 53.3 cm³/mol. The van der Waals surface area contributed by atoms with Gasteiger partial charge in [0.15, 0.2) is 0 Å². The minimum atomic E-state index is -4.40. The van der Waals surface area contributed by atoms with Gasteiger partial charge in [0.25, 0.3) is 0 Å². The highest BCUT2D eigenvalue weighted by Gasteiger charge is 2.31. The molecule has 0 aliphatic heterocycles. The molecule has 0 aromatic heterocycles. The molecule has 2 nitrogen and oxygen atoms in total. The van der Waals surface area contributed by atoms with Crippen molar-refractivity contribution in [2.45, 2.75) is 11.1 Å². The standard InChI is InChI=1S/C9H10F3NOS/c1-13-7-4-3-6(9(10,11)12)5-8(7)15(2)14/h3-5,13H,1-2H3. The number of rotatable bonds is 2. The zero-order chi connectivity index (χ0) is 11.6. The molecular formula is C9H10F3NOS. The van der Waals surface area contributed by atoms with E-state index >= 15 is 0 Å². The van der Waals surface area contributed by atoms with E-state index in [1.807, 2.05) is 0 Å². The molecule has 1 aromatic carbocycles. The molecule has 1 N–H and O–H groups in total. The molecule has 0 saturated carbocycles. The lowest BCUT2D eigenvalue weighted by Crippen LogP contribution is -2.07. The molecule has 1 rings (SSSR count). The monoisotopic (exact) mass is 237 g/mol. The number of benzene rings is 1. The maximum Gasteiger partial charge on any atom is 0.416 e. The van der Waals surface area contributed by atoms with E-state index in [2.05, 4.69) is 5.32 Å². The van der Waals surface area contributed by atoms with E-state index in [-0.39, 0.29) is 4.90 Å². The van der Waals surface area contributed by atoms with Crippen molar-refractivity contribution in [3.8, 4) is 0 Å². The van der Waals surface area contributed by atoms with Crippen molar-refractivity contribution in [1.29, 1.82) is 0 Å². The average molecular weight is 237 g/mol. The number of anilines is 1. The van der Waals surface area contributed by atoms with E-state index in [4.69, 9.17) is 0 Å². The normalized spacial score (nSPS) is 13.7. The fourth-order valence-corrected chi connectivity index (χ4v) is 1.92. The Morgan fingerprint density at radius 3 is 2.33 bits per heavy atom. The maximum atomic E-state index is 12.3. The molecule has 0 heterocycles. The quantitative estimate of drug-likeness (QED) is 0.856. The van der Waals surface area contributed by atoms with Crippen LogP contribution in [-0.4, -0.2) is 17.5 Å². The molecule has 0 amide bonds. The summed E-state index contributed by atoms with van der Waals surface area (Å²) in [5, 5.41) is 2.70. The Morgan fingerprint density at radius 1 is 1.33 bits per heavy atom. The lowest BCUT2D eigenvalue weighted by atomic mass is 10.2. The lowest BCUT2D eigenvalue weighted by Gasteiger charge is -2.11. The third-order valence-corrected chi connectivity index (χ3v) is 2.85. The Balaban J connectivity index is 3.28. The van der Waals surface area contributed by atoms with Crippen LogP contribution in [0, 0.1) is 0 Å². The van der Waals surface area contributed by atoms with Gasteiger partial charge in [0.2, 0.25) is 0 Å². The van der Waals surface area contributed by atoms with Crippen LogP contribution in [0.3, 0.4) is 0 Å². The lowest BCUT2D eigenvalue weighted by molar-refractivity contribution is -0.137. The van der Waals surface area contributed by atoms with Gasteiger partial charge in [-0.3, -0.25) is 4.21 Å². The third kappa shape index (κ3) is 2.71. The number of halogens is 3. The van der Waals surface area contributed by atoms with Crippen LogP contribution < -0.4 is 5.32 Å². The Hall–Kier alpha value is -1.04. The summed E-state index contributed by atoms with van der Waals surface area (Å²) in [5.41, 5.74) is -0.337. The fraction of sp³-hybridized carbons (Fsp3) is 0.333. The van der Waals surface area contributed by atoms with Gasteiger partial charge in [0.05, 0.1) is 26.9 Å². The van der Waals surface area contributed by atoms with Crippen molar-refractivity contribution in [2.24, 2.45) is 0 Å². The Morgan fingerprint density at radius 2 is 1.93 bits per heavy atom. The van der Waals surface area contributed by atoms with E-state index in [0.29, 0.717) is 5.69 Å². The van der Waals surface area contributed by atoms with E-state index < -0.39 is 22.5 Å². The van der Waals surface area contributed by atoms with Crippen LogP contribution in [0.5, 0.6) is 0 Å². The molecule has 0 fully saturated rings. The number of nitrogens with one attached hydrogen (secondary N) is 1. The molecule has 1 aromatic rings. The smallest absolute Gasteiger partial charge is 0.387 e. The summed E-state index contributed by atoms with van der Waals surface area (Å²) >= 11 is 0. The summed E-state index contributed by atoms with van der Waals surface area (Å²) in [7, 11) is 0.120. The van der Waals surface area contributed by atoms with Crippen molar-refractivity contribution in [3.63, 3.8) is 0 Å². The second-order valence-electron chi connectivity index (χ2n) is 2.91. The van der Waals surface area contributed by atoms with Gasteiger partial charge in [-0.1, -0.05) is 0 Å². The van der Waals surface area contributed by atoms with E-state index in [9.17, 15) is 17.4 Å². The zero-order valence-corrected chi connectivity index (χ0v) is 9.00. The number of hydrogen-bond acceptors (Lipinski definition) is 2. The molecule has 0 saturated heterocycles. The minimum absolute atomic E-state index is 0.160. The molecule has 84 valence electrons. The molecule has 0 aliphatic rings. The minimum Gasteiger partial charge on any atom is -0.387 e. The summed E-state index contributed by atoms with van der Waals surface area (Å²) < 4.78 is 48.3. The first-order valence-corrected chi connectivity index (χ1v) is 5.64.